The number of hydrogen-bond acceptors (Lipinski definition) is 7. The zero-order valence-corrected chi connectivity index (χ0v) is 19.8. The normalized spacial score (nSPS) is 14.3. The van der Waals surface area contributed by atoms with Crippen molar-refractivity contribution < 1.29 is 19.4 Å². The summed E-state index contributed by atoms with van der Waals surface area (Å²) in [4.78, 5) is 24.0. The number of ether oxygens (including phenoxy) is 2. The number of hydrogen-bond donors (Lipinski definition) is 1. The van der Waals surface area contributed by atoms with E-state index in [9.17, 15) is 9.90 Å². The van der Waals surface area contributed by atoms with E-state index in [1.807, 2.05) is 23.9 Å². The SMILES string of the molecule is COC(=O)c1ccccc1Oc1nc(Cc2ccc(N3CCC(O)CC3)cc2)nc2ccn(C)c12. The van der Waals surface area contributed by atoms with Crippen LogP contribution in [0.5, 0.6) is 11.6 Å². The van der Waals surface area contributed by atoms with E-state index < -0.39 is 5.97 Å². The lowest BCUT2D eigenvalue weighted by molar-refractivity contribution is 0.0598. The monoisotopic (exact) mass is 472 g/mol. The fourth-order valence-corrected chi connectivity index (χ4v) is 4.42. The van der Waals surface area contributed by atoms with E-state index >= 15 is 0 Å². The third kappa shape index (κ3) is 4.83. The molecule has 1 N–H and O–H groups in total. The molecule has 35 heavy (non-hydrogen) atoms. The second-order valence-corrected chi connectivity index (χ2v) is 8.76. The average Bonchev–Trinajstić information content (AvgIpc) is 3.25. The lowest BCUT2D eigenvalue weighted by Gasteiger charge is -2.31. The van der Waals surface area contributed by atoms with E-state index in [0.29, 0.717) is 29.4 Å². The summed E-state index contributed by atoms with van der Waals surface area (Å²) in [5.41, 5.74) is 4.09. The van der Waals surface area contributed by atoms with Crippen molar-refractivity contribution in [3.63, 3.8) is 0 Å². The third-order valence-electron chi connectivity index (χ3n) is 6.36. The van der Waals surface area contributed by atoms with Gasteiger partial charge in [0.15, 0.2) is 0 Å². The molecule has 0 spiro atoms. The Kier molecular flexibility index (Phi) is 6.37. The van der Waals surface area contributed by atoms with Crippen LogP contribution in [0.1, 0.15) is 34.6 Å². The minimum Gasteiger partial charge on any atom is -0.465 e. The van der Waals surface area contributed by atoms with Crippen molar-refractivity contribution in [3.8, 4) is 11.6 Å². The van der Waals surface area contributed by atoms with Gasteiger partial charge in [-0.1, -0.05) is 24.3 Å². The summed E-state index contributed by atoms with van der Waals surface area (Å²) >= 11 is 0. The second kappa shape index (κ2) is 9.76. The zero-order valence-electron chi connectivity index (χ0n) is 19.8. The highest BCUT2D eigenvalue weighted by Gasteiger charge is 2.19. The quantitative estimate of drug-likeness (QED) is 0.423. The predicted molar refractivity (Wildman–Crippen MR) is 133 cm³/mol. The molecule has 1 saturated heterocycles. The molecule has 1 aliphatic heterocycles. The largest absolute Gasteiger partial charge is 0.465 e. The van der Waals surface area contributed by atoms with Gasteiger partial charge in [0.05, 0.1) is 18.7 Å². The van der Waals surface area contributed by atoms with Crippen LogP contribution in [0.15, 0.2) is 60.8 Å². The summed E-state index contributed by atoms with van der Waals surface area (Å²) in [6.45, 7) is 1.73. The van der Waals surface area contributed by atoms with Gasteiger partial charge >= 0.3 is 5.97 Å². The van der Waals surface area contributed by atoms with E-state index in [0.717, 1.165) is 48.2 Å². The molecule has 0 bridgehead atoms. The predicted octanol–water partition coefficient (Wildman–Crippen LogP) is 4.10. The van der Waals surface area contributed by atoms with Gasteiger partial charge in [0.25, 0.3) is 0 Å². The number of carbonyl (C=O) groups excluding carboxylic acids is 1. The number of para-hydroxylation sites is 1. The number of aliphatic hydroxyl groups is 1. The van der Waals surface area contributed by atoms with Gasteiger partial charge in [-0.15, -0.1) is 0 Å². The van der Waals surface area contributed by atoms with Crippen LogP contribution in [0, 0.1) is 0 Å². The molecule has 2 aromatic heterocycles. The van der Waals surface area contributed by atoms with Crippen LogP contribution in [-0.2, 0) is 18.2 Å². The molecule has 180 valence electrons. The van der Waals surface area contributed by atoms with Gasteiger partial charge < -0.3 is 24.0 Å². The lowest BCUT2D eigenvalue weighted by atomic mass is 10.1. The van der Waals surface area contributed by atoms with Crippen molar-refractivity contribution in [1.29, 1.82) is 0 Å². The fraction of sp³-hybridized carbons (Fsp3) is 0.296. The Labute approximate surface area is 203 Å². The minimum absolute atomic E-state index is 0.188. The molecule has 2 aromatic carbocycles. The molecular formula is C27H28N4O4. The summed E-state index contributed by atoms with van der Waals surface area (Å²) < 4.78 is 13.0. The number of nitrogens with zero attached hydrogens (tertiary/aromatic N) is 4. The van der Waals surface area contributed by atoms with Crippen LogP contribution in [0.4, 0.5) is 5.69 Å². The van der Waals surface area contributed by atoms with Crippen molar-refractivity contribution in [2.24, 2.45) is 7.05 Å². The topological polar surface area (TPSA) is 89.7 Å². The highest BCUT2D eigenvalue weighted by molar-refractivity contribution is 5.92. The maximum Gasteiger partial charge on any atom is 0.341 e. The molecule has 1 fully saturated rings. The number of aliphatic hydroxyl groups excluding tert-OH is 1. The van der Waals surface area contributed by atoms with Gasteiger partial charge in [0.2, 0.25) is 5.88 Å². The summed E-state index contributed by atoms with van der Waals surface area (Å²) in [6, 6.07) is 17.3. The van der Waals surface area contributed by atoms with E-state index in [-0.39, 0.29) is 6.10 Å². The number of carbonyl (C=O) groups is 1. The maximum atomic E-state index is 12.2. The summed E-state index contributed by atoms with van der Waals surface area (Å²) in [5, 5.41) is 9.75. The van der Waals surface area contributed by atoms with Crippen LogP contribution < -0.4 is 9.64 Å². The number of piperidine rings is 1. The molecule has 0 atom stereocenters. The Morgan fingerprint density at radius 2 is 1.80 bits per heavy atom. The Bertz CT molecular complexity index is 1340. The molecule has 0 saturated carbocycles. The Balaban J connectivity index is 1.42. The van der Waals surface area contributed by atoms with E-state index in [4.69, 9.17) is 19.4 Å². The van der Waals surface area contributed by atoms with Crippen molar-refractivity contribution in [2.45, 2.75) is 25.4 Å². The fourth-order valence-electron chi connectivity index (χ4n) is 4.42. The molecule has 0 unspecified atom stereocenters. The first-order valence-electron chi connectivity index (χ1n) is 11.7. The maximum absolute atomic E-state index is 12.2. The van der Waals surface area contributed by atoms with Crippen LogP contribution in [-0.4, -0.2) is 51.9 Å². The molecule has 0 aliphatic carbocycles. The van der Waals surface area contributed by atoms with Gasteiger partial charge in [0, 0.05) is 38.4 Å². The first-order chi connectivity index (χ1) is 17.0. The van der Waals surface area contributed by atoms with Crippen molar-refractivity contribution in [2.75, 3.05) is 25.1 Å². The first kappa shape index (κ1) is 22.9. The van der Waals surface area contributed by atoms with Crippen LogP contribution in [0.2, 0.25) is 0 Å². The highest BCUT2D eigenvalue weighted by Crippen LogP contribution is 2.31. The van der Waals surface area contributed by atoms with Gasteiger partial charge in [-0.2, -0.15) is 4.98 Å². The standard InChI is InChI=1S/C27H28N4O4/c1-30-14-13-22-25(30)26(35-23-6-4-3-5-21(23)27(33)34-2)29-24(28-22)17-18-7-9-19(10-8-18)31-15-11-20(32)12-16-31/h3-10,13-14,20,32H,11-12,15-17H2,1-2H3. The van der Waals surface area contributed by atoms with E-state index in [2.05, 4.69) is 29.2 Å². The zero-order chi connectivity index (χ0) is 24.4. The van der Waals surface area contributed by atoms with Gasteiger partial charge in [0.1, 0.15) is 22.7 Å². The molecule has 3 heterocycles. The number of aromatic nitrogens is 3. The average molecular weight is 473 g/mol. The number of aryl methyl sites for hydroxylation is 1. The number of anilines is 1. The number of benzene rings is 2. The van der Waals surface area contributed by atoms with Crippen molar-refractivity contribution in [3.05, 3.63) is 77.7 Å². The molecule has 5 rings (SSSR count). The second-order valence-electron chi connectivity index (χ2n) is 8.76. The number of esters is 1. The van der Waals surface area contributed by atoms with Crippen LogP contribution >= 0.6 is 0 Å². The summed E-state index contributed by atoms with van der Waals surface area (Å²) in [5.74, 6) is 0.921. The number of methoxy groups -OCH3 is 1. The molecule has 0 amide bonds. The minimum atomic E-state index is -0.471. The Morgan fingerprint density at radius 1 is 1.06 bits per heavy atom. The lowest BCUT2D eigenvalue weighted by Crippen LogP contribution is -2.35. The van der Waals surface area contributed by atoms with Gasteiger partial charge in [-0.05, 0) is 48.7 Å². The molecule has 8 nitrogen and oxygen atoms in total. The Morgan fingerprint density at radius 3 is 2.54 bits per heavy atom. The van der Waals surface area contributed by atoms with E-state index in [1.54, 1.807) is 24.3 Å². The highest BCUT2D eigenvalue weighted by atomic mass is 16.5. The molecular weight excluding hydrogens is 444 g/mol. The van der Waals surface area contributed by atoms with Crippen molar-refractivity contribution >= 4 is 22.7 Å². The molecule has 8 heteroatoms. The third-order valence-corrected chi connectivity index (χ3v) is 6.36. The summed E-state index contributed by atoms with van der Waals surface area (Å²) in [6.07, 6.45) is 3.86. The Hall–Kier alpha value is -3.91. The summed E-state index contributed by atoms with van der Waals surface area (Å²) in [7, 11) is 3.25. The smallest absolute Gasteiger partial charge is 0.341 e. The van der Waals surface area contributed by atoms with E-state index in [1.165, 1.54) is 7.11 Å². The molecule has 4 aromatic rings. The van der Waals surface area contributed by atoms with Crippen molar-refractivity contribution in [1.82, 2.24) is 14.5 Å². The van der Waals surface area contributed by atoms with Gasteiger partial charge in [-0.3, -0.25) is 0 Å². The number of fused-ring (bicyclic) bond motifs is 1. The molecule has 1 aliphatic rings. The number of rotatable bonds is 6. The van der Waals surface area contributed by atoms with Crippen LogP contribution in [0.25, 0.3) is 11.0 Å². The van der Waals surface area contributed by atoms with Crippen LogP contribution in [0.3, 0.4) is 0 Å². The van der Waals surface area contributed by atoms with Gasteiger partial charge in [-0.25, -0.2) is 9.78 Å². The molecule has 0 radical (unpaired) electrons. The first-order valence-corrected chi connectivity index (χ1v) is 11.7.